The van der Waals surface area contributed by atoms with Gasteiger partial charge in [0.05, 0.1) is 28.3 Å². The summed E-state index contributed by atoms with van der Waals surface area (Å²) in [5, 5.41) is 12.0. The number of halogens is 2. The van der Waals surface area contributed by atoms with Crippen molar-refractivity contribution in [1.29, 1.82) is 5.26 Å². The Morgan fingerprint density at radius 2 is 1.88 bits per heavy atom. The van der Waals surface area contributed by atoms with Crippen LogP contribution in [-0.4, -0.2) is 30.6 Å². The summed E-state index contributed by atoms with van der Waals surface area (Å²) in [4.78, 5) is 23.7. The average molecular weight is 387 g/mol. The fourth-order valence-corrected chi connectivity index (χ4v) is 2.39. The van der Waals surface area contributed by atoms with E-state index in [1.165, 1.54) is 12.1 Å². The number of esters is 1. The van der Waals surface area contributed by atoms with Gasteiger partial charge in [-0.15, -0.1) is 0 Å². The molecule has 1 atom stereocenters. The lowest BCUT2D eigenvalue weighted by atomic mass is 9.90. The molecule has 0 radical (unpaired) electrons. The largest absolute Gasteiger partial charge is 0.481 e. The lowest BCUT2D eigenvalue weighted by Crippen LogP contribution is -2.50. The molecule has 0 unspecified atom stereocenters. The lowest BCUT2D eigenvalue weighted by Gasteiger charge is -2.27. The van der Waals surface area contributed by atoms with Crippen molar-refractivity contribution in [2.75, 3.05) is 13.2 Å². The van der Waals surface area contributed by atoms with Gasteiger partial charge in [0.2, 0.25) is 0 Å². The molecule has 136 valence electrons. The summed E-state index contributed by atoms with van der Waals surface area (Å²) in [6, 6.07) is 4.78. The Bertz CT molecular complexity index is 677. The molecule has 0 bridgehead atoms. The van der Waals surface area contributed by atoms with Gasteiger partial charge in [-0.25, -0.2) is 4.79 Å². The van der Waals surface area contributed by atoms with E-state index in [0.717, 1.165) is 0 Å². The van der Waals surface area contributed by atoms with Crippen LogP contribution >= 0.6 is 23.2 Å². The molecule has 0 spiro atoms. The summed E-state index contributed by atoms with van der Waals surface area (Å²) in [7, 11) is 0. The maximum Gasteiger partial charge on any atom is 0.338 e. The monoisotopic (exact) mass is 386 g/mol. The Morgan fingerprint density at radius 1 is 1.32 bits per heavy atom. The van der Waals surface area contributed by atoms with Crippen LogP contribution in [0.5, 0.6) is 5.75 Å². The highest BCUT2D eigenvalue weighted by atomic mass is 35.5. The number of hydrogen-bond acceptors (Lipinski definition) is 5. The van der Waals surface area contributed by atoms with E-state index in [0.29, 0.717) is 0 Å². The molecule has 0 aliphatic heterocycles. The zero-order chi connectivity index (χ0) is 19.2. The minimum Gasteiger partial charge on any atom is -0.481 e. The third-order valence-corrected chi connectivity index (χ3v) is 4.20. The fraction of sp³-hybridized carbons (Fsp3) is 0.471. The smallest absolute Gasteiger partial charge is 0.338 e. The van der Waals surface area contributed by atoms with E-state index in [2.05, 4.69) is 11.4 Å². The van der Waals surface area contributed by atoms with Gasteiger partial charge in [0.25, 0.3) is 5.91 Å². The summed E-state index contributed by atoms with van der Waals surface area (Å²) >= 11 is 12.1. The molecule has 0 saturated carbocycles. The van der Waals surface area contributed by atoms with E-state index in [-0.39, 0.29) is 40.5 Å². The first-order chi connectivity index (χ1) is 11.6. The Hall–Kier alpha value is -1.97. The molecule has 1 N–H and O–H groups in total. The summed E-state index contributed by atoms with van der Waals surface area (Å²) in [6.07, 6.45) is 0. The van der Waals surface area contributed by atoms with Crippen molar-refractivity contribution in [1.82, 2.24) is 5.32 Å². The standard InChI is InChI=1S/C17H20Cl2N2O4/c1-5-24-16(23)11-6-12(18)15(13(19)7-11)25-8-14(22)21-17(4,9-20)10(2)3/h6-7,10H,5,8H2,1-4H3,(H,21,22)/t17-/m1/s1. The number of hydrogen-bond donors (Lipinski definition) is 1. The fourth-order valence-electron chi connectivity index (χ4n) is 1.79. The van der Waals surface area contributed by atoms with Crippen LogP contribution in [0.3, 0.4) is 0 Å². The van der Waals surface area contributed by atoms with Crippen molar-refractivity contribution >= 4 is 35.1 Å². The van der Waals surface area contributed by atoms with Crippen LogP contribution in [0.15, 0.2) is 12.1 Å². The van der Waals surface area contributed by atoms with Crippen LogP contribution in [0.1, 0.15) is 38.1 Å². The highest BCUT2D eigenvalue weighted by molar-refractivity contribution is 6.37. The number of nitriles is 1. The SMILES string of the molecule is CCOC(=O)c1cc(Cl)c(OCC(=O)N[C@](C)(C#N)C(C)C)c(Cl)c1. The van der Waals surface area contributed by atoms with Crippen LogP contribution in [0.2, 0.25) is 10.0 Å². The zero-order valence-corrected chi connectivity index (χ0v) is 16.0. The molecular weight excluding hydrogens is 367 g/mol. The molecule has 0 aromatic heterocycles. The molecule has 0 heterocycles. The molecule has 25 heavy (non-hydrogen) atoms. The molecule has 0 fully saturated rings. The molecule has 6 nitrogen and oxygen atoms in total. The summed E-state index contributed by atoms with van der Waals surface area (Å²) in [5.41, 5.74) is -0.826. The second-order valence-electron chi connectivity index (χ2n) is 5.80. The molecule has 0 saturated heterocycles. The maximum atomic E-state index is 12.0. The van der Waals surface area contributed by atoms with Crippen LogP contribution in [0, 0.1) is 17.2 Å². The molecule has 1 aromatic rings. The second kappa shape index (κ2) is 8.93. The van der Waals surface area contributed by atoms with Crippen LogP contribution in [0.25, 0.3) is 0 Å². The molecule has 1 rings (SSSR count). The van der Waals surface area contributed by atoms with Crippen LogP contribution in [-0.2, 0) is 9.53 Å². The number of nitrogens with one attached hydrogen (secondary N) is 1. The van der Waals surface area contributed by atoms with Gasteiger partial charge >= 0.3 is 5.97 Å². The van der Waals surface area contributed by atoms with E-state index in [1.54, 1.807) is 13.8 Å². The minimum absolute atomic E-state index is 0.0785. The maximum absolute atomic E-state index is 12.0. The van der Waals surface area contributed by atoms with Crippen molar-refractivity contribution in [3.05, 3.63) is 27.7 Å². The Kier molecular flexibility index (Phi) is 7.53. The Balaban J connectivity index is 2.83. The third kappa shape index (κ3) is 5.52. The van der Waals surface area contributed by atoms with Gasteiger partial charge in [-0.2, -0.15) is 5.26 Å². The first-order valence-electron chi connectivity index (χ1n) is 7.65. The number of ether oxygens (including phenoxy) is 2. The topological polar surface area (TPSA) is 88.4 Å². The number of amides is 1. The molecule has 1 aromatic carbocycles. The van der Waals surface area contributed by atoms with Gasteiger partial charge in [-0.05, 0) is 31.9 Å². The minimum atomic E-state index is -1.01. The predicted molar refractivity (Wildman–Crippen MR) is 94.9 cm³/mol. The first-order valence-corrected chi connectivity index (χ1v) is 8.41. The summed E-state index contributed by atoms with van der Waals surface area (Å²) in [5.74, 6) is -1.05. The summed E-state index contributed by atoms with van der Waals surface area (Å²) in [6.45, 7) is 6.81. The average Bonchev–Trinajstić information content (AvgIpc) is 2.53. The molecular formula is C17H20Cl2N2O4. The van der Waals surface area contributed by atoms with Crippen LogP contribution < -0.4 is 10.1 Å². The van der Waals surface area contributed by atoms with E-state index in [1.807, 2.05) is 13.8 Å². The van der Waals surface area contributed by atoms with Crippen molar-refractivity contribution in [2.24, 2.45) is 5.92 Å². The number of rotatable bonds is 7. The Morgan fingerprint density at radius 3 is 2.32 bits per heavy atom. The van der Waals surface area contributed by atoms with Gasteiger partial charge in [-0.3, -0.25) is 4.79 Å². The predicted octanol–water partition coefficient (Wildman–Crippen LogP) is 3.60. The highest BCUT2D eigenvalue weighted by Crippen LogP contribution is 2.34. The molecule has 0 aliphatic rings. The quantitative estimate of drug-likeness (QED) is 0.723. The third-order valence-electron chi connectivity index (χ3n) is 3.64. The number of benzene rings is 1. The number of nitrogens with zero attached hydrogens (tertiary/aromatic N) is 1. The normalized spacial score (nSPS) is 12.9. The van der Waals surface area contributed by atoms with E-state index < -0.39 is 17.4 Å². The van der Waals surface area contributed by atoms with E-state index in [9.17, 15) is 14.9 Å². The van der Waals surface area contributed by atoms with Gasteiger partial charge in [0, 0.05) is 0 Å². The molecule has 8 heteroatoms. The molecule has 1 amide bonds. The van der Waals surface area contributed by atoms with Gasteiger partial charge in [-0.1, -0.05) is 37.0 Å². The highest BCUT2D eigenvalue weighted by Gasteiger charge is 2.30. The Labute approximate surface area is 157 Å². The zero-order valence-electron chi connectivity index (χ0n) is 14.5. The van der Waals surface area contributed by atoms with Gasteiger partial charge < -0.3 is 14.8 Å². The van der Waals surface area contributed by atoms with Crippen molar-refractivity contribution in [3.8, 4) is 11.8 Å². The van der Waals surface area contributed by atoms with Crippen molar-refractivity contribution in [2.45, 2.75) is 33.2 Å². The van der Waals surface area contributed by atoms with Crippen LogP contribution in [0.4, 0.5) is 0 Å². The summed E-state index contributed by atoms with van der Waals surface area (Å²) < 4.78 is 10.2. The van der Waals surface area contributed by atoms with E-state index >= 15 is 0 Å². The molecule has 0 aliphatic carbocycles. The van der Waals surface area contributed by atoms with E-state index in [4.69, 9.17) is 32.7 Å². The first kappa shape index (κ1) is 21.1. The lowest BCUT2D eigenvalue weighted by molar-refractivity contribution is -0.124. The second-order valence-corrected chi connectivity index (χ2v) is 6.61. The number of carbonyl (C=O) groups is 2. The van der Waals surface area contributed by atoms with Crippen molar-refractivity contribution in [3.63, 3.8) is 0 Å². The van der Waals surface area contributed by atoms with Crippen molar-refractivity contribution < 1.29 is 19.1 Å². The van der Waals surface area contributed by atoms with Gasteiger partial charge in [0.1, 0.15) is 5.54 Å². The van der Waals surface area contributed by atoms with Gasteiger partial charge in [0.15, 0.2) is 12.4 Å². The number of carbonyl (C=O) groups excluding carboxylic acids is 2.